The summed E-state index contributed by atoms with van der Waals surface area (Å²) in [6, 6.07) is 8.75. The van der Waals surface area contributed by atoms with Crippen molar-refractivity contribution >= 4 is 62.3 Å². The Morgan fingerprint density at radius 3 is 2.21 bits per heavy atom. The Balaban J connectivity index is 2.45. The van der Waals surface area contributed by atoms with Crippen LogP contribution < -0.4 is 9.62 Å². The summed E-state index contributed by atoms with van der Waals surface area (Å²) < 4.78 is 26.1. The van der Waals surface area contributed by atoms with Crippen molar-refractivity contribution in [1.29, 1.82) is 0 Å². The summed E-state index contributed by atoms with van der Waals surface area (Å²) in [6.07, 6.45) is 1.72. The molecule has 7 nitrogen and oxygen atoms in total. The van der Waals surface area contributed by atoms with Crippen LogP contribution in [-0.2, 0) is 26.2 Å². The molecule has 0 unspecified atom stereocenters. The molecule has 0 aliphatic heterocycles. The van der Waals surface area contributed by atoms with E-state index in [0.717, 1.165) is 22.5 Å². The van der Waals surface area contributed by atoms with Gasteiger partial charge in [0.2, 0.25) is 21.8 Å². The number of amides is 2. The third kappa shape index (κ3) is 7.25. The molecule has 0 saturated heterocycles. The van der Waals surface area contributed by atoms with E-state index in [1.54, 1.807) is 44.2 Å². The molecule has 0 aliphatic rings. The molecular weight excluding hydrogens is 521 g/mol. The van der Waals surface area contributed by atoms with Gasteiger partial charge in [-0.15, -0.1) is 0 Å². The predicted octanol–water partition coefficient (Wildman–Crippen LogP) is 4.66. The summed E-state index contributed by atoms with van der Waals surface area (Å²) in [4.78, 5) is 27.5. The van der Waals surface area contributed by atoms with E-state index in [1.807, 2.05) is 6.92 Å². The zero-order valence-electron chi connectivity index (χ0n) is 19.4. The largest absolute Gasteiger partial charge is 0.354 e. The highest BCUT2D eigenvalue weighted by Crippen LogP contribution is 2.28. The fourth-order valence-corrected chi connectivity index (χ4v) is 4.72. The minimum absolute atomic E-state index is 0.0791. The lowest BCUT2D eigenvalue weighted by Gasteiger charge is -2.32. The molecule has 0 radical (unpaired) electrons. The minimum Gasteiger partial charge on any atom is -0.354 e. The van der Waals surface area contributed by atoms with Crippen molar-refractivity contribution in [2.45, 2.75) is 39.8 Å². The maximum atomic E-state index is 13.5. The number of hydrogen-bond donors (Lipinski definition) is 1. The Bertz CT molecular complexity index is 1140. The first-order valence-corrected chi connectivity index (χ1v) is 13.6. The van der Waals surface area contributed by atoms with Gasteiger partial charge >= 0.3 is 0 Å². The maximum absolute atomic E-state index is 13.5. The Kier molecular flexibility index (Phi) is 10.1. The highest BCUT2D eigenvalue weighted by molar-refractivity contribution is 7.92. The Morgan fingerprint density at radius 1 is 1.06 bits per heavy atom. The van der Waals surface area contributed by atoms with Gasteiger partial charge in [-0.3, -0.25) is 13.9 Å². The second kappa shape index (κ2) is 12.1. The highest BCUT2D eigenvalue weighted by atomic mass is 35.5. The molecule has 1 N–H and O–H groups in total. The van der Waals surface area contributed by atoms with E-state index in [-0.39, 0.29) is 18.1 Å². The van der Waals surface area contributed by atoms with Crippen LogP contribution in [0.5, 0.6) is 0 Å². The van der Waals surface area contributed by atoms with Gasteiger partial charge < -0.3 is 10.2 Å². The molecule has 0 bridgehead atoms. The number of sulfonamides is 1. The SMILES string of the molecule is CCCNC(=O)[C@@H](C)N(Cc1c(Cl)cccc1Cl)C(=O)CN(c1ccc(C)c(Cl)c1)S(C)(=O)=O. The molecule has 0 aliphatic carbocycles. The van der Waals surface area contributed by atoms with Gasteiger partial charge in [-0.1, -0.05) is 53.9 Å². The van der Waals surface area contributed by atoms with Gasteiger partial charge in [0.05, 0.1) is 11.9 Å². The smallest absolute Gasteiger partial charge is 0.244 e. The summed E-state index contributed by atoms with van der Waals surface area (Å²) in [5, 5.41) is 3.79. The van der Waals surface area contributed by atoms with E-state index in [9.17, 15) is 18.0 Å². The van der Waals surface area contributed by atoms with Crippen LogP contribution in [0, 0.1) is 6.92 Å². The molecule has 34 heavy (non-hydrogen) atoms. The molecule has 2 aromatic rings. The number of nitrogens with one attached hydrogen (secondary N) is 1. The fraction of sp³-hybridized carbons (Fsp3) is 0.391. The maximum Gasteiger partial charge on any atom is 0.244 e. The van der Waals surface area contributed by atoms with Crippen molar-refractivity contribution in [2.24, 2.45) is 0 Å². The van der Waals surface area contributed by atoms with Crippen LogP contribution in [0.1, 0.15) is 31.4 Å². The van der Waals surface area contributed by atoms with Crippen LogP contribution in [0.15, 0.2) is 36.4 Å². The van der Waals surface area contributed by atoms with Gasteiger partial charge in [-0.2, -0.15) is 0 Å². The molecule has 1 atom stereocenters. The minimum atomic E-state index is -3.85. The predicted molar refractivity (Wildman–Crippen MR) is 138 cm³/mol. The Labute approximate surface area is 216 Å². The van der Waals surface area contributed by atoms with Crippen molar-refractivity contribution in [3.8, 4) is 0 Å². The van der Waals surface area contributed by atoms with Crippen LogP contribution >= 0.6 is 34.8 Å². The van der Waals surface area contributed by atoms with Crippen LogP contribution in [0.4, 0.5) is 5.69 Å². The van der Waals surface area contributed by atoms with E-state index >= 15 is 0 Å². The number of nitrogens with zero attached hydrogens (tertiary/aromatic N) is 2. The van der Waals surface area contributed by atoms with E-state index in [0.29, 0.717) is 27.2 Å². The zero-order chi connectivity index (χ0) is 25.6. The quantitative estimate of drug-likeness (QED) is 0.468. The van der Waals surface area contributed by atoms with Crippen molar-refractivity contribution in [3.05, 3.63) is 62.6 Å². The average molecular weight is 549 g/mol. The first kappa shape index (κ1) is 28.2. The lowest BCUT2D eigenvalue weighted by Crippen LogP contribution is -2.51. The normalized spacial score (nSPS) is 12.2. The lowest BCUT2D eigenvalue weighted by molar-refractivity contribution is -0.139. The number of carbonyl (C=O) groups is 2. The van der Waals surface area contributed by atoms with Crippen LogP contribution in [0.2, 0.25) is 15.1 Å². The van der Waals surface area contributed by atoms with Crippen molar-refractivity contribution in [2.75, 3.05) is 23.7 Å². The molecule has 0 heterocycles. The summed E-state index contributed by atoms with van der Waals surface area (Å²) in [5.74, 6) is -0.972. The molecule has 11 heteroatoms. The number of anilines is 1. The number of aryl methyl sites for hydroxylation is 1. The molecule has 186 valence electrons. The summed E-state index contributed by atoms with van der Waals surface area (Å²) in [5.41, 5.74) is 1.46. The number of hydrogen-bond acceptors (Lipinski definition) is 4. The molecule has 2 rings (SSSR count). The highest BCUT2D eigenvalue weighted by Gasteiger charge is 2.31. The first-order chi connectivity index (χ1) is 15.9. The van der Waals surface area contributed by atoms with Crippen LogP contribution in [-0.4, -0.2) is 50.5 Å². The zero-order valence-corrected chi connectivity index (χ0v) is 22.5. The summed E-state index contributed by atoms with van der Waals surface area (Å²) >= 11 is 18.8. The topological polar surface area (TPSA) is 86.8 Å². The molecule has 0 fully saturated rings. The Hall–Kier alpha value is -2.00. The van der Waals surface area contributed by atoms with Crippen LogP contribution in [0.3, 0.4) is 0 Å². The third-order valence-corrected chi connectivity index (χ3v) is 7.49. The average Bonchev–Trinajstić information content (AvgIpc) is 2.76. The molecule has 2 amide bonds. The fourth-order valence-electron chi connectivity index (χ4n) is 3.18. The molecule has 0 saturated carbocycles. The first-order valence-electron chi connectivity index (χ1n) is 10.6. The van der Waals surface area contributed by atoms with E-state index in [2.05, 4.69) is 5.32 Å². The molecule has 0 spiro atoms. The molecule has 0 aromatic heterocycles. The summed E-state index contributed by atoms with van der Waals surface area (Å²) in [7, 11) is -3.85. The van der Waals surface area contributed by atoms with Gasteiger partial charge in [0.1, 0.15) is 12.6 Å². The third-order valence-electron chi connectivity index (χ3n) is 5.23. The van der Waals surface area contributed by atoms with Gasteiger partial charge in [-0.25, -0.2) is 8.42 Å². The van der Waals surface area contributed by atoms with Crippen molar-refractivity contribution in [3.63, 3.8) is 0 Å². The van der Waals surface area contributed by atoms with Gasteiger partial charge in [-0.05, 0) is 50.1 Å². The van der Waals surface area contributed by atoms with Crippen LogP contribution in [0.25, 0.3) is 0 Å². The number of rotatable bonds is 10. The van der Waals surface area contributed by atoms with E-state index in [1.165, 1.54) is 11.0 Å². The molecular formula is C23H28Cl3N3O4S. The van der Waals surface area contributed by atoms with Crippen molar-refractivity contribution < 1.29 is 18.0 Å². The van der Waals surface area contributed by atoms with E-state index in [4.69, 9.17) is 34.8 Å². The molecule has 2 aromatic carbocycles. The van der Waals surface area contributed by atoms with Crippen molar-refractivity contribution in [1.82, 2.24) is 10.2 Å². The van der Waals surface area contributed by atoms with Gasteiger partial charge in [0.15, 0.2) is 0 Å². The second-order valence-electron chi connectivity index (χ2n) is 7.89. The second-order valence-corrected chi connectivity index (χ2v) is 11.0. The van der Waals surface area contributed by atoms with Gasteiger partial charge in [0.25, 0.3) is 0 Å². The number of halogens is 3. The number of carbonyl (C=O) groups excluding carboxylic acids is 2. The standard InChI is InChI=1S/C23H28Cl3N3O4S/c1-5-11-27-23(31)16(3)28(13-18-19(24)7-6-8-20(18)25)22(30)14-29(34(4,32)33)17-10-9-15(2)21(26)12-17/h6-10,12,16H,5,11,13-14H2,1-4H3,(H,27,31)/t16-/m1/s1. The number of benzene rings is 2. The van der Waals surface area contributed by atoms with E-state index < -0.39 is 28.5 Å². The summed E-state index contributed by atoms with van der Waals surface area (Å²) in [6.45, 7) is 5.09. The monoisotopic (exact) mass is 547 g/mol. The Morgan fingerprint density at radius 2 is 1.68 bits per heavy atom. The lowest BCUT2D eigenvalue weighted by atomic mass is 10.1. The van der Waals surface area contributed by atoms with Gasteiger partial charge in [0, 0.05) is 33.7 Å².